The molecule has 0 unspecified atom stereocenters. The zero-order valence-electron chi connectivity index (χ0n) is 14.2. The van der Waals surface area contributed by atoms with Gasteiger partial charge in [0.1, 0.15) is 0 Å². The monoisotopic (exact) mass is 366 g/mol. The number of para-hydroxylation sites is 1. The fourth-order valence-corrected chi connectivity index (χ4v) is 3.65. The highest BCUT2D eigenvalue weighted by Crippen LogP contribution is 2.22. The summed E-state index contributed by atoms with van der Waals surface area (Å²) < 4.78 is 26.5. The number of nitrogens with one attached hydrogen (secondary N) is 1. The SMILES string of the molecule is CN(c1ccc(C(=O)Nc2ccccc2)cc1)S(=O)(=O)c1ccccc1. The first-order chi connectivity index (χ1) is 12.5. The maximum atomic E-state index is 12.6. The van der Waals surface area contributed by atoms with Crippen molar-refractivity contribution in [1.29, 1.82) is 0 Å². The first-order valence-electron chi connectivity index (χ1n) is 7.99. The first kappa shape index (κ1) is 17.7. The minimum Gasteiger partial charge on any atom is -0.322 e. The molecule has 5 nitrogen and oxygen atoms in total. The van der Waals surface area contributed by atoms with E-state index in [2.05, 4.69) is 5.32 Å². The maximum absolute atomic E-state index is 12.6. The van der Waals surface area contributed by atoms with E-state index in [1.807, 2.05) is 18.2 Å². The molecule has 26 heavy (non-hydrogen) atoms. The van der Waals surface area contributed by atoms with E-state index in [0.29, 0.717) is 16.9 Å². The molecule has 132 valence electrons. The Labute approximate surface area is 153 Å². The summed E-state index contributed by atoms with van der Waals surface area (Å²) in [5.74, 6) is -0.253. The van der Waals surface area contributed by atoms with Crippen LogP contribution in [0.5, 0.6) is 0 Å². The fraction of sp³-hybridized carbons (Fsp3) is 0.0500. The largest absolute Gasteiger partial charge is 0.322 e. The highest BCUT2D eigenvalue weighted by atomic mass is 32.2. The number of carbonyl (C=O) groups is 1. The van der Waals surface area contributed by atoms with Crippen LogP contribution in [0.4, 0.5) is 11.4 Å². The summed E-state index contributed by atoms with van der Waals surface area (Å²) in [6.07, 6.45) is 0. The normalized spacial score (nSPS) is 11.0. The van der Waals surface area contributed by atoms with Gasteiger partial charge in [0.25, 0.3) is 15.9 Å². The van der Waals surface area contributed by atoms with Gasteiger partial charge in [-0.3, -0.25) is 9.10 Å². The summed E-state index contributed by atoms with van der Waals surface area (Å²) in [7, 11) is -2.15. The lowest BCUT2D eigenvalue weighted by Crippen LogP contribution is -2.26. The zero-order valence-corrected chi connectivity index (χ0v) is 15.0. The van der Waals surface area contributed by atoms with Crippen LogP contribution in [0.3, 0.4) is 0 Å². The van der Waals surface area contributed by atoms with Gasteiger partial charge in [0.15, 0.2) is 0 Å². The molecule has 1 amide bonds. The average molecular weight is 366 g/mol. The van der Waals surface area contributed by atoms with E-state index >= 15 is 0 Å². The molecular weight excluding hydrogens is 348 g/mol. The predicted molar refractivity (Wildman–Crippen MR) is 103 cm³/mol. The van der Waals surface area contributed by atoms with Crippen molar-refractivity contribution < 1.29 is 13.2 Å². The quantitative estimate of drug-likeness (QED) is 0.748. The van der Waals surface area contributed by atoms with Crippen molar-refractivity contribution in [2.75, 3.05) is 16.7 Å². The molecule has 0 atom stereocenters. The minimum absolute atomic E-state index is 0.216. The van der Waals surface area contributed by atoms with Crippen molar-refractivity contribution in [2.45, 2.75) is 4.90 Å². The van der Waals surface area contributed by atoms with Crippen LogP contribution in [0.15, 0.2) is 89.8 Å². The molecule has 0 aliphatic heterocycles. The van der Waals surface area contributed by atoms with Crippen LogP contribution in [0.2, 0.25) is 0 Å². The Kier molecular flexibility index (Phi) is 5.04. The highest BCUT2D eigenvalue weighted by Gasteiger charge is 2.21. The van der Waals surface area contributed by atoms with Crippen LogP contribution >= 0.6 is 0 Å². The number of nitrogens with zero attached hydrogens (tertiary/aromatic N) is 1. The molecule has 3 rings (SSSR count). The third-order valence-corrected chi connectivity index (χ3v) is 5.73. The molecule has 0 fully saturated rings. The van der Waals surface area contributed by atoms with Crippen molar-refractivity contribution in [2.24, 2.45) is 0 Å². The van der Waals surface area contributed by atoms with E-state index in [1.165, 1.54) is 11.4 Å². The van der Waals surface area contributed by atoms with Crippen molar-refractivity contribution in [1.82, 2.24) is 0 Å². The molecule has 0 saturated carbocycles. The van der Waals surface area contributed by atoms with Gasteiger partial charge in [-0.05, 0) is 48.5 Å². The average Bonchev–Trinajstić information content (AvgIpc) is 2.69. The van der Waals surface area contributed by atoms with Crippen LogP contribution in [0, 0.1) is 0 Å². The molecule has 0 bridgehead atoms. The number of amides is 1. The van der Waals surface area contributed by atoms with Gasteiger partial charge in [-0.15, -0.1) is 0 Å². The second kappa shape index (κ2) is 7.41. The molecule has 0 spiro atoms. The summed E-state index contributed by atoms with van der Waals surface area (Å²) in [6.45, 7) is 0. The molecule has 0 aliphatic carbocycles. The Balaban J connectivity index is 1.78. The summed E-state index contributed by atoms with van der Waals surface area (Å²) in [6, 6.07) is 23.8. The number of carbonyl (C=O) groups excluding carboxylic acids is 1. The molecule has 0 aromatic heterocycles. The van der Waals surface area contributed by atoms with E-state index < -0.39 is 10.0 Å². The number of hydrogen-bond acceptors (Lipinski definition) is 3. The third-order valence-electron chi connectivity index (χ3n) is 3.93. The lowest BCUT2D eigenvalue weighted by atomic mass is 10.2. The topological polar surface area (TPSA) is 66.5 Å². The zero-order chi connectivity index (χ0) is 18.6. The van der Waals surface area contributed by atoms with Crippen molar-refractivity contribution >= 4 is 27.3 Å². The minimum atomic E-state index is -3.64. The number of sulfonamides is 1. The van der Waals surface area contributed by atoms with E-state index in [4.69, 9.17) is 0 Å². The number of anilines is 2. The number of benzene rings is 3. The van der Waals surface area contributed by atoms with Gasteiger partial charge in [-0.2, -0.15) is 0 Å². The Morgan fingerprint density at radius 2 is 1.35 bits per heavy atom. The van der Waals surface area contributed by atoms with Gasteiger partial charge in [0.2, 0.25) is 0 Å². The van der Waals surface area contributed by atoms with Crippen molar-refractivity contribution in [3.05, 3.63) is 90.5 Å². The van der Waals surface area contributed by atoms with Gasteiger partial charge >= 0.3 is 0 Å². The van der Waals surface area contributed by atoms with Crippen molar-refractivity contribution in [3.63, 3.8) is 0 Å². The summed E-state index contributed by atoms with van der Waals surface area (Å²) >= 11 is 0. The maximum Gasteiger partial charge on any atom is 0.264 e. The van der Waals surface area contributed by atoms with Crippen LogP contribution in [-0.4, -0.2) is 21.4 Å². The van der Waals surface area contributed by atoms with Crippen LogP contribution in [-0.2, 0) is 10.0 Å². The van der Waals surface area contributed by atoms with E-state index in [-0.39, 0.29) is 10.8 Å². The van der Waals surface area contributed by atoms with Crippen molar-refractivity contribution in [3.8, 4) is 0 Å². The first-order valence-corrected chi connectivity index (χ1v) is 9.43. The van der Waals surface area contributed by atoms with Gasteiger partial charge in [0, 0.05) is 18.3 Å². The molecular formula is C20H18N2O3S. The van der Waals surface area contributed by atoms with E-state index in [9.17, 15) is 13.2 Å². The summed E-state index contributed by atoms with van der Waals surface area (Å²) in [4.78, 5) is 12.5. The molecule has 3 aromatic carbocycles. The number of rotatable bonds is 5. The van der Waals surface area contributed by atoms with Gasteiger partial charge in [0.05, 0.1) is 10.6 Å². The summed E-state index contributed by atoms with van der Waals surface area (Å²) in [5.41, 5.74) is 1.62. The Morgan fingerprint density at radius 3 is 1.92 bits per heavy atom. The van der Waals surface area contributed by atoms with Gasteiger partial charge in [-0.1, -0.05) is 36.4 Å². The Hall–Kier alpha value is -3.12. The smallest absolute Gasteiger partial charge is 0.264 e. The second-order valence-electron chi connectivity index (χ2n) is 5.65. The molecule has 0 radical (unpaired) electrons. The van der Waals surface area contributed by atoms with Crippen LogP contribution in [0.25, 0.3) is 0 Å². The lowest BCUT2D eigenvalue weighted by molar-refractivity contribution is 0.102. The fourth-order valence-electron chi connectivity index (χ4n) is 2.44. The van der Waals surface area contributed by atoms with E-state index in [0.717, 1.165) is 0 Å². The van der Waals surface area contributed by atoms with Gasteiger partial charge in [-0.25, -0.2) is 8.42 Å². The molecule has 3 aromatic rings. The molecule has 0 aliphatic rings. The molecule has 6 heteroatoms. The number of hydrogen-bond donors (Lipinski definition) is 1. The summed E-state index contributed by atoms with van der Waals surface area (Å²) in [5, 5.41) is 2.79. The standard InChI is InChI=1S/C20H18N2O3S/c1-22(26(24,25)19-10-6-3-7-11-19)18-14-12-16(13-15-18)20(23)21-17-8-4-2-5-9-17/h2-15H,1H3,(H,21,23). The lowest BCUT2D eigenvalue weighted by Gasteiger charge is -2.19. The highest BCUT2D eigenvalue weighted by molar-refractivity contribution is 7.92. The Morgan fingerprint density at radius 1 is 0.808 bits per heavy atom. The van der Waals surface area contributed by atoms with Crippen LogP contribution < -0.4 is 9.62 Å². The van der Waals surface area contributed by atoms with Gasteiger partial charge < -0.3 is 5.32 Å². The molecule has 0 saturated heterocycles. The van der Waals surface area contributed by atoms with Crippen LogP contribution in [0.1, 0.15) is 10.4 Å². The third kappa shape index (κ3) is 3.75. The second-order valence-corrected chi connectivity index (χ2v) is 7.62. The Bertz CT molecular complexity index is 986. The predicted octanol–water partition coefficient (Wildman–Crippen LogP) is 3.76. The molecule has 0 heterocycles. The molecule has 1 N–H and O–H groups in total. The van der Waals surface area contributed by atoms with E-state index in [1.54, 1.807) is 66.7 Å².